The molecule has 1 aromatic heterocycles. The minimum Gasteiger partial charge on any atom is -0.476 e. The van der Waals surface area contributed by atoms with Crippen LogP contribution in [0.5, 0.6) is 0 Å². The first-order valence-corrected chi connectivity index (χ1v) is 5.60. The summed E-state index contributed by atoms with van der Waals surface area (Å²) in [5.74, 6) is -0.989. The Bertz CT molecular complexity index is 517. The first kappa shape index (κ1) is 11.4. The van der Waals surface area contributed by atoms with Crippen molar-refractivity contribution in [1.82, 2.24) is 9.78 Å². The van der Waals surface area contributed by atoms with Gasteiger partial charge in [0.25, 0.3) is 0 Å². The number of rotatable bonds is 4. The van der Waals surface area contributed by atoms with Crippen LogP contribution in [0, 0.1) is 0 Å². The minimum atomic E-state index is -0.989. The monoisotopic (exact) mass is 230 g/mol. The Hall–Kier alpha value is -2.10. The molecule has 0 saturated carbocycles. The van der Waals surface area contributed by atoms with Gasteiger partial charge in [0.1, 0.15) is 0 Å². The number of benzene rings is 1. The van der Waals surface area contributed by atoms with Gasteiger partial charge in [-0.05, 0) is 24.6 Å². The number of para-hydroxylation sites is 1. The number of carboxylic acids is 1. The fourth-order valence-electron chi connectivity index (χ4n) is 1.75. The topological polar surface area (TPSA) is 55.1 Å². The van der Waals surface area contributed by atoms with E-state index in [9.17, 15) is 4.79 Å². The summed E-state index contributed by atoms with van der Waals surface area (Å²) in [6.45, 7) is 2.06. The van der Waals surface area contributed by atoms with Gasteiger partial charge >= 0.3 is 5.97 Å². The SMILES string of the molecule is CCCc1cc(C(=O)O)nn1-c1ccccc1. The molecule has 0 spiro atoms. The molecule has 0 radical (unpaired) electrons. The molecule has 0 saturated heterocycles. The number of aryl methyl sites for hydroxylation is 1. The van der Waals surface area contributed by atoms with Crippen molar-refractivity contribution in [1.29, 1.82) is 0 Å². The molecule has 17 heavy (non-hydrogen) atoms. The van der Waals surface area contributed by atoms with E-state index in [1.165, 1.54) is 0 Å². The van der Waals surface area contributed by atoms with Crippen LogP contribution < -0.4 is 0 Å². The highest BCUT2D eigenvalue weighted by molar-refractivity contribution is 5.85. The lowest BCUT2D eigenvalue weighted by atomic mass is 10.2. The predicted octanol–water partition coefficient (Wildman–Crippen LogP) is 2.52. The van der Waals surface area contributed by atoms with E-state index in [2.05, 4.69) is 12.0 Å². The van der Waals surface area contributed by atoms with Gasteiger partial charge < -0.3 is 5.11 Å². The number of carbonyl (C=O) groups is 1. The standard InChI is InChI=1S/C13H14N2O2/c1-2-6-11-9-12(13(16)17)14-15(11)10-7-4-3-5-8-10/h3-5,7-9H,2,6H2,1H3,(H,16,17). The van der Waals surface area contributed by atoms with Crippen LogP contribution in [0.2, 0.25) is 0 Å². The summed E-state index contributed by atoms with van der Waals surface area (Å²) in [4.78, 5) is 10.9. The van der Waals surface area contributed by atoms with Crippen molar-refractivity contribution in [2.45, 2.75) is 19.8 Å². The van der Waals surface area contributed by atoms with Crippen LogP contribution in [0.1, 0.15) is 29.5 Å². The molecule has 0 amide bonds. The fraction of sp³-hybridized carbons (Fsp3) is 0.231. The zero-order valence-electron chi connectivity index (χ0n) is 9.63. The minimum absolute atomic E-state index is 0.0947. The Morgan fingerprint density at radius 3 is 2.65 bits per heavy atom. The van der Waals surface area contributed by atoms with Gasteiger partial charge in [-0.25, -0.2) is 9.48 Å². The van der Waals surface area contributed by atoms with Crippen molar-refractivity contribution < 1.29 is 9.90 Å². The van der Waals surface area contributed by atoms with Gasteiger partial charge in [-0.3, -0.25) is 0 Å². The fourth-order valence-corrected chi connectivity index (χ4v) is 1.75. The molecule has 1 aromatic carbocycles. The van der Waals surface area contributed by atoms with Gasteiger partial charge in [0.15, 0.2) is 5.69 Å². The van der Waals surface area contributed by atoms with Gasteiger partial charge in [-0.1, -0.05) is 31.5 Å². The van der Waals surface area contributed by atoms with E-state index >= 15 is 0 Å². The predicted molar refractivity (Wildman–Crippen MR) is 64.5 cm³/mol. The summed E-state index contributed by atoms with van der Waals surface area (Å²) in [5.41, 5.74) is 1.91. The molecule has 4 heteroatoms. The summed E-state index contributed by atoms with van der Waals surface area (Å²) in [7, 11) is 0. The second kappa shape index (κ2) is 4.82. The molecular weight excluding hydrogens is 216 g/mol. The quantitative estimate of drug-likeness (QED) is 0.878. The van der Waals surface area contributed by atoms with Gasteiger partial charge in [0.05, 0.1) is 5.69 Å². The van der Waals surface area contributed by atoms with Gasteiger partial charge in [0.2, 0.25) is 0 Å². The highest BCUT2D eigenvalue weighted by Crippen LogP contribution is 2.14. The van der Waals surface area contributed by atoms with Crippen molar-refractivity contribution in [3.8, 4) is 5.69 Å². The van der Waals surface area contributed by atoms with Crippen molar-refractivity contribution in [2.75, 3.05) is 0 Å². The highest BCUT2D eigenvalue weighted by Gasteiger charge is 2.13. The molecule has 0 aliphatic heterocycles. The second-order valence-corrected chi connectivity index (χ2v) is 3.82. The van der Waals surface area contributed by atoms with Gasteiger partial charge in [-0.2, -0.15) is 5.10 Å². The van der Waals surface area contributed by atoms with Crippen LogP contribution in [0.3, 0.4) is 0 Å². The normalized spacial score (nSPS) is 10.4. The Morgan fingerprint density at radius 2 is 2.06 bits per heavy atom. The van der Waals surface area contributed by atoms with Crippen LogP contribution in [-0.4, -0.2) is 20.9 Å². The van der Waals surface area contributed by atoms with Crippen LogP contribution in [0.25, 0.3) is 5.69 Å². The van der Waals surface area contributed by atoms with Crippen LogP contribution >= 0.6 is 0 Å². The lowest BCUT2D eigenvalue weighted by Crippen LogP contribution is -2.03. The Balaban J connectivity index is 2.48. The average molecular weight is 230 g/mol. The lowest BCUT2D eigenvalue weighted by molar-refractivity contribution is 0.0690. The molecule has 0 aliphatic rings. The summed E-state index contributed by atoms with van der Waals surface area (Å²) >= 11 is 0. The molecule has 0 aliphatic carbocycles. The van der Waals surface area contributed by atoms with Crippen LogP contribution in [-0.2, 0) is 6.42 Å². The molecule has 0 bridgehead atoms. The summed E-state index contributed by atoms with van der Waals surface area (Å²) < 4.78 is 1.70. The van der Waals surface area contributed by atoms with E-state index in [-0.39, 0.29) is 5.69 Å². The van der Waals surface area contributed by atoms with E-state index in [1.54, 1.807) is 10.7 Å². The summed E-state index contributed by atoms with van der Waals surface area (Å²) in [6, 6.07) is 11.2. The second-order valence-electron chi connectivity index (χ2n) is 3.82. The Labute approximate surface area is 99.5 Å². The first-order chi connectivity index (χ1) is 8.22. The molecule has 2 rings (SSSR count). The van der Waals surface area contributed by atoms with E-state index in [0.717, 1.165) is 24.2 Å². The molecule has 4 nitrogen and oxygen atoms in total. The number of aromatic nitrogens is 2. The summed E-state index contributed by atoms with van der Waals surface area (Å²) in [5, 5.41) is 13.1. The Kier molecular flexibility index (Phi) is 3.23. The van der Waals surface area contributed by atoms with Crippen LogP contribution in [0.15, 0.2) is 36.4 Å². The zero-order chi connectivity index (χ0) is 12.3. The number of hydrogen-bond acceptors (Lipinski definition) is 2. The highest BCUT2D eigenvalue weighted by atomic mass is 16.4. The van der Waals surface area contributed by atoms with Crippen molar-refractivity contribution >= 4 is 5.97 Å². The molecule has 0 atom stereocenters. The van der Waals surface area contributed by atoms with Crippen molar-refractivity contribution in [3.05, 3.63) is 47.8 Å². The zero-order valence-corrected chi connectivity index (χ0v) is 9.63. The first-order valence-electron chi connectivity index (χ1n) is 5.60. The average Bonchev–Trinajstić information content (AvgIpc) is 2.75. The number of aromatic carboxylic acids is 1. The molecular formula is C13H14N2O2. The third-order valence-corrected chi connectivity index (χ3v) is 2.51. The van der Waals surface area contributed by atoms with Gasteiger partial charge in [0, 0.05) is 5.69 Å². The van der Waals surface area contributed by atoms with Crippen molar-refractivity contribution in [3.63, 3.8) is 0 Å². The lowest BCUT2D eigenvalue weighted by Gasteiger charge is -2.05. The number of hydrogen-bond donors (Lipinski definition) is 1. The maximum atomic E-state index is 10.9. The molecule has 0 fully saturated rings. The molecule has 0 unspecified atom stereocenters. The molecule has 1 heterocycles. The molecule has 2 aromatic rings. The van der Waals surface area contributed by atoms with Gasteiger partial charge in [-0.15, -0.1) is 0 Å². The van der Waals surface area contributed by atoms with E-state index in [1.807, 2.05) is 30.3 Å². The smallest absolute Gasteiger partial charge is 0.356 e. The summed E-state index contributed by atoms with van der Waals surface area (Å²) in [6.07, 6.45) is 1.77. The number of nitrogens with zero attached hydrogens (tertiary/aromatic N) is 2. The Morgan fingerprint density at radius 1 is 1.35 bits per heavy atom. The van der Waals surface area contributed by atoms with E-state index in [4.69, 9.17) is 5.11 Å². The largest absolute Gasteiger partial charge is 0.476 e. The van der Waals surface area contributed by atoms with Crippen molar-refractivity contribution in [2.24, 2.45) is 0 Å². The van der Waals surface area contributed by atoms with E-state index < -0.39 is 5.97 Å². The molecule has 88 valence electrons. The third kappa shape index (κ3) is 2.36. The van der Waals surface area contributed by atoms with Crippen LogP contribution in [0.4, 0.5) is 0 Å². The third-order valence-electron chi connectivity index (χ3n) is 2.51. The maximum absolute atomic E-state index is 10.9. The molecule has 1 N–H and O–H groups in total. The number of carboxylic acid groups (broad SMARTS) is 1. The van der Waals surface area contributed by atoms with E-state index in [0.29, 0.717) is 0 Å². The maximum Gasteiger partial charge on any atom is 0.356 e.